The molecule has 0 spiro atoms. The summed E-state index contributed by atoms with van der Waals surface area (Å²) < 4.78 is 1.46. The molecule has 3 aromatic rings. The molecule has 0 saturated heterocycles. The van der Waals surface area contributed by atoms with Gasteiger partial charge in [0.25, 0.3) is 5.91 Å². The first-order valence-corrected chi connectivity index (χ1v) is 4.90. The Labute approximate surface area is 95.3 Å². The molecule has 3 N–H and O–H groups in total. The molecule has 0 saturated carbocycles. The number of primary amides is 1. The van der Waals surface area contributed by atoms with Crippen LogP contribution < -0.4 is 5.73 Å². The van der Waals surface area contributed by atoms with Crippen LogP contribution >= 0.6 is 0 Å². The smallest absolute Gasteiger partial charge is 0.287 e. The number of H-pyrrole nitrogens is 1. The normalized spacial score (nSPS) is 10.8. The summed E-state index contributed by atoms with van der Waals surface area (Å²) in [6.45, 7) is 0. The van der Waals surface area contributed by atoms with Crippen LogP contribution in [0.1, 0.15) is 10.6 Å². The van der Waals surface area contributed by atoms with Gasteiger partial charge >= 0.3 is 0 Å². The van der Waals surface area contributed by atoms with Crippen LogP contribution in [0, 0.1) is 0 Å². The average Bonchev–Trinajstić information content (AvgIpc) is 2.94. The highest BCUT2D eigenvalue weighted by molar-refractivity contribution is 5.91. The van der Waals surface area contributed by atoms with E-state index >= 15 is 0 Å². The Hall–Kier alpha value is -2.70. The molecule has 0 atom stereocenters. The van der Waals surface area contributed by atoms with E-state index in [0.29, 0.717) is 5.82 Å². The van der Waals surface area contributed by atoms with E-state index in [9.17, 15) is 4.79 Å². The van der Waals surface area contributed by atoms with Gasteiger partial charge in [-0.2, -0.15) is 5.10 Å². The third-order valence-electron chi connectivity index (χ3n) is 2.45. The lowest BCUT2D eigenvalue weighted by atomic mass is 10.2. The monoisotopic (exact) mass is 228 g/mol. The summed E-state index contributed by atoms with van der Waals surface area (Å²) >= 11 is 0. The van der Waals surface area contributed by atoms with E-state index in [2.05, 4.69) is 20.4 Å². The summed E-state index contributed by atoms with van der Waals surface area (Å²) in [5.74, 6) is -0.0313. The number of carbonyl (C=O) groups is 1. The number of hydrogen-bond donors (Lipinski definition) is 2. The number of fused-ring (bicyclic) bond motifs is 1. The van der Waals surface area contributed by atoms with E-state index in [-0.39, 0.29) is 5.82 Å². The molecule has 0 bridgehead atoms. The number of aromatic amines is 1. The lowest BCUT2D eigenvalue weighted by Crippen LogP contribution is -2.17. The third kappa shape index (κ3) is 1.36. The van der Waals surface area contributed by atoms with Crippen LogP contribution in [0.25, 0.3) is 16.7 Å². The molecule has 0 fully saturated rings. The van der Waals surface area contributed by atoms with E-state index < -0.39 is 5.91 Å². The molecule has 2 aromatic heterocycles. The minimum absolute atomic E-state index is 0.0576. The molecule has 1 aromatic carbocycles. The van der Waals surface area contributed by atoms with Crippen molar-refractivity contribution in [3.05, 3.63) is 36.4 Å². The molecule has 0 aliphatic rings. The molecule has 0 unspecified atom stereocenters. The number of aromatic nitrogens is 5. The van der Waals surface area contributed by atoms with Gasteiger partial charge in [0, 0.05) is 5.39 Å². The second-order valence-electron chi connectivity index (χ2n) is 3.48. The van der Waals surface area contributed by atoms with Crippen molar-refractivity contribution in [2.45, 2.75) is 0 Å². The van der Waals surface area contributed by atoms with Gasteiger partial charge in [-0.15, -0.1) is 10.2 Å². The Kier molecular flexibility index (Phi) is 1.91. The quantitative estimate of drug-likeness (QED) is 0.655. The van der Waals surface area contributed by atoms with Crippen molar-refractivity contribution in [2.75, 3.05) is 0 Å². The first-order chi connectivity index (χ1) is 8.27. The molecule has 3 rings (SSSR count). The van der Waals surface area contributed by atoms with Crippen LogP contribution in [0.4, 0.5) is 0 Å². The number of benzene rings is 1. The van der Waals surface area contributed by atoms with E-state index in [4.69, 9.17) is 5.73 Å². The summed E-state index contributed by atoms with van der Waals surface area (Å²) in [6, 6.07) is 7.56. The summed E-state index contributed by atoms with van der Waals surface area (Å²) in [7, 11) is 0. The van der Waals surface area contributed by atoms with E-state index in [1.165, 1.54) is 10.9 Å². The number of nitrogens with one attached hydrogen (secondary N) is 1. The number of amides is 1. The molecule has 17 heavy (non-hydrogen) atoms. The molecule has 0 radical (unpaired) electrons. The number of para-hydroxylation sites is 1. The summed E-state index contributed by atoms with van der Waals surface area (Å²) in [6.07, 6.45) is 1.41. The van der Waals surface area contributed by atoms with Crippen molar-refractivity contribution in [3.63, 3.8) is 0 Å². The number of nitrogens with zero attached hydrogens (tertiary/aromatic N) is 4. The second-order valence-corrected chi connectivity index (χ2v) is 3.48. The highest BCUT2D eigenvalue weighted by Crippen LogP contribution is 2.19. The highest BCUT2D eigenvalue weighted by Gasteiger charge is 2.15. The van der Waals surface area contributed by atoms with Gasteiger partial charge in [-0.05, 0) is 12.1 Å². The Bertz CT molecular complexity index is 697. The fraction of sp³-hybridized carbons (Fsp3) is 0. The van der Waals surface area contributed by atoms with Crippen molar-refractivity contribution in [3.8, 4) is 5.82 Å². The van der Waals surface area contributed by atoms with Crippen LogP contribution in [0.3, 0.4) is 0 Å². The number of hydrogen-bond acceptors (Lipinski definition) is 4. The number of nitrogens with two attached hydrogens (primary N) is 1. The fourth-order valence-electron chi connectivity index (χ4n) is 1.69. The van der Waals surface area contributed by atoms with Gasteiger partial charge in [0.15, 0.2) is 5.82 Å². The minimum Gasteiger partial charge on any atom is -0.363 e. The van der Waals surface area contributed by atoms with Crippen LogP contribution in [-0.2, 0) is 0 Å². The van der Waals surface area contributed by atoms with Gasteiger partial charge in [-0.25, -0.2) is 0 Å². The standard InChI is InChI=1S/C10H8N6O/c11-8(17)10-14-12-5-16(10)9-6-3-1-2-4-7(6)13-15-9/h1-5H,(H2,11,17)(H,13,15). The predicted octanol–water partition coefficient (Wildman–Crippen LogP) is 0.242. The third-order valence-corrected chi connectivity index (χ3v) is 2.45. The largest absolute Gasteiger partial charge is 0.363 e. The molecule has 2 heterocycles. The Morgan fingerprint density at radius 3 is 3.00 bits per heavy atom. The van der Waals surface area contributed by atoms with Crippen molar-refractivity contribution in [1.29, 1.82) is 0 Å². The van der Waals surface area contributed by atoms with Crippen molar-refractivity contribution in [2.24, 2.45) is 5.73 Å². The SMILES string of the molecule is NC(=O)c1nncn1-c1n[nH]c2ccccc12. The maximum Gasteiger partial charge on any atom is 0.287 e. The van der Waals surface area contributed by atoms with Crippen LogP contribution in [0.15, 0.2) is 30.6 Å². The first kappa shape index (κ1) is 9.52. The Morgan fingerprint density at radius 1 is 1.35 bits per heavy atom. The highest BCUT2D eigenvalue weighted by atomic mass is 16.1. The zero-order valence-corrected chi connectivity index (χ0v) is 8.66. The van der Waals surface area contributed by atoms with Crippen LogP contribution in [-0.4, -0.2) is 30.9 Å². The van der Waals surface area contributed by atoms with E-state index in [1.807, 2.05) is 24.3 Å². The van der Waals surface area contributed by atoms with Crippen molar-refractivity contribution in [1.82, 2.24) is 25.0 Å². The van der Waals surface area contributed by atoms with Gasteiger partial charge in [-0.1, -0.05) is 12.1 Å². The summed E-state index contributed by atoms with van der Waals surface area (Å²) in [4.78, 5) is 11.2. The molecule has 84 valence electrons. The van der Waals surface area contributed by atoms with Gasteiger partial charge in [-0.3, -0.25) is 14.5 Å². The molecule has 0 aliphatic heterocycles. The topological polar surface area (TPSA) is 102 Å². The first-order valence-electron chi connectivity index (χ1n) is 4.90. The Morgan fingerprint density at radius 2 is 2.18 bits per heavy atom. The van der Waals surface area contributed by atoms with E-state index in [1.54, 1.807) is 0 Å². The minimum atomic E-state index is -0.644. The number of carbonyl (C=O) groups excluding carboxylic acids is 1. The van der Waals surface area contributed by atoms with Crippen molar-refractivity contribution < 1.29 is 4.79 Å². The number of rotatable bonds is 2. The predicted molar refractivity (Wildman–Crippen MR) is 59.5 cm³/mol. The molecule has 1 amide bonds. The Balaban J connectivity index is 2.28. The zero-order valence-electron chi connectivity index (χ0n) is 8.66. The molecule has 7 heteroatoms. The lowest BCUT2D eigenvalue weighted by Gasteiger charge is -1.99. The van der Waals surface area contributed by atoms with Gasteiger partial charge < -0.3 is 5.73 Å². The van der Waals surface area contributed by atoms with Gasteiger partial charge in [0.2, 0.25) is 5.82 Å². The molecule has 0 aliphatic carbocycles. The van der Waals surface area contributed by atoms with Crippen LogP contribution in [0.5, 0.6) is 0 Å². The van der Waals surface area contributed by atoms with E-state index in [0.717, 1.165) is 10.9 Å². The lowest BCUT2D eigenvalue weighted by molar-refractivity contribution is 0.0988. The maximum absolute atomic E-state index is 11.2. The van der Waals surface area contributed by atoms with Crippen molar-refractivity contribution >= 4 is 16.8 Å². The van der Waals surface area contributed by atoms with Gasteiger partial charge in [0.1, 0.15) is 6.33 Å². The molecule has 7 nitrogen and oxygen atoms in total. The van der Waals surface area contributed by atoms with Crippen LogP contribution in [0.2, 0.25) is 0 Å². The summed E-state index contributed by atoms with van der Waals surface area (Å²) in [5.41, 5.74) is 6.08. The van der Waals surface area contributed by atoms with Gasteiger partial charge in [0.05, 0.1) is 5.52 Å². The molecular weight excluding hydrogens is 220 g/mol. The average molecular weight is 228 g/mol. The fourth-order valence-corrected chi connectivity index (χ4v) is 1.69. The molecular formula is C10H8N6O. The second kappa shape index (κ2) is 3.41. The summed E-state index contributed by atoms with van der Waals surface area (Å²) in [5, 5.41) is 15.2. The maximum atomic E-state index is 11.2. The zero-order chi connectivity index (χ0) is 11.8.